The Kier molecular flexibility index (Phi) is 4.32. The van der Waals surface area contributed by atoms with Gasteiger partial charge < -0.3 is 15.5 Å². The number of anilines is 1. The number of aromatic nitrogens is 2. The largest absolute Gasteiger partial charge is 0.507 e. The maximum absolute atomic E-state index is 10.5. The van der Waals surface area contributed by atoms with E-state index < -0.39 is 5.60 Å². The third-order valence-electron chi connectivity index (χ3n) is 5.04. The van der Waals surface area contributed by atoms with Crippen molar-refractivity contribution >= 4 is 22.7 Å². The van der Waals surface area contributed by atoms with Crippen molar-refractivity contribution in [2.45, 2.75) is 38.3 Å². The van der Waals surface area contributed by atoms with Crippen LogP contribution >= 0.6 is 0 Å². The second kappa shape index (κ2) is 6.67. The normalized spacial score (nSPS) is 22.1. The third-order valence-corrected chi connectivity index (χ3v) is 5.04. The van der Waals surface area contributed by atoms with Gasteiger partial charge in [-0.15, -0.1) is 10.2 Å². The van der Waals surface area contributed by atoms with Gasteiger partial charge in [-0.2, -0.15) is 0 Å². The molecule has 0 unspecified atom stereocenters. The molecule has 0 amide bonds. The van der Waals surface area contributed by atoms with Crippen LogP contribution in [0.1, 0.15) is 32.3 Å². The number of hydrogen-bond acceptors (Lipinski definition) is 5. The fourth-order valence-electron chi connectivity index (χ4n) is 3.75. The van der Waals surface area contributed by atoms with Crippen LogP contribution in [0.5, 0.6) is 5.75 Å². The fraction of sp³-hybridized carbons (Fsp3) is 0.273. The van der Waals surface area contributed by atoms with Gasteiger partial charge in [0.25, 0.3) is 0 Å². The summed E-state index contributed by atoms with van der Waals surface area (Å²) in [6, 6.07) is 13.7. The number of phenolic OH excluding ortho intramolecular Hbond substituents is 1. The first-order valence-electron chi connectivity index (χ1n) is 9.17. The van der Waals surface area contributed by atoms with E-state index in [1.165, 1.54) is 0 Å². The Morgan fingerprint density at radius 3 is 2.52 bits per heavy atom. The standard InChI is InChI=1S/C22H23N3O2/c1-3-6-14-9-10-18(19(26)11-14)20-16-7-4-5-8-17(16)21(25-24-20)23-15-12-22(2,27)13-15/h3-11,15,26-27H,12-13H2,1-2H3,(H,23,25)/b6-3+. The van der Waals surface area contributed by atoms with Crippen molar-refractivity contribution < 1.29 is 10.2 Å². The van der Waals surface area contributed by atoms with E-state index in [-0.39, 0.29) is 11.8 Å². The quantitative estimate of drug-likeness (QED) is 0.643. The average molecular weight is 361 g/mol. The number of benzene rings is 2. The zero-order valence-corrected chi connectivity index (χ0v) is 15.5. The summed E-state index contributed by atoms with van der Waals surface area (Å²) in [5, 5.41) is 34.5. The summed E-state index contributed by atoms with van der Waals surface area (Å²) in [6.07, 6.45) is 5.26. The van der Waals surface area contributed by atoms with Crippen LogP contribution < -0.4 is 5.32 Å². The number of nitrogens with one attached hydrogen (secondary N) is 1. The monoisotopic (exact) mass is 361 g/mol. The summed E-state index contributed by atoms with van der Waals surface area (Å²) in [7, 11) is 0. The molecule has 27 heavy (non-hydrogen) atoms. The van der Waals surface area contributed by atoms with E-state index in [0.29, 0.717) is 29.9 Å². The Hall–Kier alpha value is -2.92. The lowest BCUT2D eigenvalue weighted by atomic mass is 9.77. The molecule has 0 radical (unpaired) electrons. The van der Waals surface area contributed by atoms with E-state index >= 15 is 0 Å². The van der Waals surface area contributed by atoms with Gasteiger partial charge in [-0.1, -0.05) is 42.5 Å². The molecule has 1 fully saturated rings. The number of hydrogen-bond donors (Lipinski definition) is 3. The molecule has 1 aliphatic rings. The van der Waals surface area contributed by atoms with E-state index in [4.69, 9.17) is 0 Å². The van der Waals surface area contributed by atoms with Crippen LogP contribution in [0, 0.1) is 0 Å². The molecule has 5 nitrogen and oxygen atoms in total. The molecule has 2 aromatic carbocycles. The van der Waals surface area contributed by atoms with Crippen LogP contribution in [0.25, 0.3) is 28.1 Å². The Balaban J connectivity index is 1.74. The number of allylic oxidation sites excluding steroid dienone is 1. The first kappa shape index (κ1) is 17.5. The molecule has 3 N–H and O–H groups in total. The second-order valence-corrected chi connectivity index (χ2v) is 7.47. The molecule has 0 bridgehead atoms. The number of aliphatic hydroxyl groups is 1. The summed E-state index contributed by atoms with van der Waals surface area (Å²) in [4.78, 5) is 0. The van der Waals surface area contributed by atoms with Crippen molar-refractivity contribution in [2.24, 2.45) is 0 Å². The maximum Gasteiger partial charge on any atom is 0.156 e. The van der Waals surface area contributed by atoms with Crippen molar-refractivity contribution in [3.8, 4) is 17.0 Å². The lowest BCUT2D eigenvalue weighted by Gasteiger charge is -2.41. The van der Waals surface area contributed by atoms with Gasteiger partial charge in [-0.05, 0) is 44.4 Å². The summed E-state index contributed by atoms with van der Waals surface area (Å²) >= 11 is 0. The second-order valence-electron chi connectivity index (χ2n) is 7.47. The van der Waals surface area contributed by atoms with E-state index in [1.807, 2.05) is 62.4 Å². The molecule has 0 saturated heterocycles. The van der Waals surface area contributed by atoms with Gasteiger partial charge in [0.2, 0.25) is 0 Å². The van der Waals surface area contributed by atoms with Gasteiger partial charge in [-0.25, -0.2) is 0 Å². The lowest BCUT2D eigenvalue weighted by Crippen LogP contribution is -2.48. The predicted molar refractivity (Wildman–Crippen MR) is 109 cm³/mol. The highest BCUT2D eigenvalue weighted by Crippen LogP contribution is 2.37. The molecule has 1 saturated carbocycles. The Morgan fingerprint density at radius 2 is 1.85 bits per heavy atom. The Bertz CT molecular complexity index is 1020. The number of phenols is 1. The summed E-state index contributed by atoms with van der Waals surface area (Å²) in [5.41, 5.74) is 1.65. The van der Waals surface area contributed by atoms with Crippen molar-refractivity contribution in [1.29, 1.82) is 0 Å². The van der Waals surface area contributed by atoms with E-state index in [9.17, 15) is 10.2 Å². The summed E-state index contributed by atoms with van der Waals surface area (Å²) in [5.74, 6) is 0.890. The van der Waals surface area contributed by atoms with Gasteiger partial charge in [0, 0.05) is 22.4 Å². The maximum atomic E-state index is 10.5. The molecule has 0 atom stereocenters. The van der Waals surface area contributed by atoms with Crippen molar-refractivity contribution in [1.82, 2.24) is 10.2 Å². The third kappa shape index (κ3) is 3.38. The minimum Gasteiger partial charge on any atom is -0.507 e. The number of nitrogens with zero attached hydrogens (tertiary/aromatic N) is 2. The van der Waals surface area contributed by atoms with Crippen molar-refractivity contribution in [2.75, 3.05) is 5.32 Å². The minimum atomic E-state index is -0.596. The van der Waals surface area contributed by atoms with Crippen LogP contribution in [0.3, 0.4) is 0 Å². The van der Waals surface area contributed by atoms with Crippen molar-refractivity contribution in [3.63, 3.8) is 0 Å². The average Bonchev–Trinajstić information content (AvgIpc) is 2.61. The zero-order chi connectivity index (χ0) is 19.0. The van der Waals surface area contributed by atoms with Crippen LogP contribution in [0.4, 0.5) is 5.82 Å². The Labute approximate surface area is 158 Å². The van der Waals surface area contributed by atoms with E-state index in [0.717, 1.165) is 16.3 Å². The first-order chi connectivity index (χ1) is 13.0. The smallest absolute Gasteiger partial charge is 0.156 e. The molecule has 4 rings (SSSR count). The van der Waals surface area contributed by atoms with Gasteiger partial charge >= 0.3 is 0 Å². The van der Waals surface area contributed by atoms with Gasteiger partial charge in [0.05, 0.1) is 5.60 Å². The molecular weight excluding hydrogens is 338 g/mol. The molecule has 5 heteroatoms. The van der Waals surface area contributed by atoms with Gasteiger partial charge in [0.15, 0.2) is 5.82 Å². The van der Waals surface area contributed by atoms with Gasteiger partial charge in [-0.3, -0.25) is 0 Å². The molecule has 138 valence electrons. The number of aromatic hydroxyl groups is 1. The summed E-state index contributed by atoms with van der Waals surface area (Å²) in [6.45, 7) is 3.79. The molecule has 1 aliphatic carbocycles. The van der Waals surface area contributed by atoms with Crippen LogP contribution in [0.2, 0.25) is 0 Å². The zero-order valence-electron chi connectivity index (χ0n) is 15.5. The minimum absolute atomic E-state index is 0.181. The predicted octanol–water partition coefficient (Wildman–Crippen LogP) is 4.36. The SMILES string of the molecule is C/C=C/c1ccc(-c2nnc(NC3CC(C)(O)C3)c3ccccc23)c(O)c1. The topological polar surface area (TPSA) is 78.3 Å². The highest BCUT2D eigenvalue weighted by molar-refractivity contribution is 6.01. The lowest BCUT2D eigenvalue weighted by molar-refractivity contribution is -0.0235. The van der Waals surface area contributed by atoms with Gasteiger partial charge in [0.1, 0.15) is 11.4 Å². The fourth-order valence-corrected chi connectivity index (χ4v) is 3.75. The Morgan fingerprint density at radius 1 is 1.11 bits per heavy atom. The van der Waals surface area contributed by atoms with Crippen LogP contribution in [0.15, 0.2) is 48.5 Å². The van der Waals surface area contributed by atoms with E-state index in [2.05, 4.69) is 15.5 Å². The molecule has 1 heterocycles. The first-order valence-corrected chi connectivity index (χ1v) is 9.17. The highest BCUT2D eigenvalue weighted by atomic mass is 16.3. The van der Waals surface area contributed by atoms with Crippen molar-refractivity contribution in [3.05, 3.63) is 54.1 Å². The number of rotatable bonds is 4. The molecule has 1 aromatic heterocycles. The molecular formula is C22H23N3O2. The summed E-state index contributed by atoms with van der Waals surface area (Å²) < 4.78 is 0. The highest BCUT2D eigenvalue weighted by Gasteiger charge is 2.38. The van der Waals surface area contributed by atoms with Crippen LogP contribution in [-0.4, -0.2) is 32.1 Å². The molecule has 3 aromatic rings. The molecule has 0 aliphatic heterocycles. The van der Waals surface area contributed by atoms with E-state index in [1.54, 1.807) is 6.07 Å². The molecule has 0 spiro atoms. The number of fused-ring (bicyclic) bond motifs is 1. The van der Waals surface area contributed by atoms with Crippen LogP contribution in [-0.2, 0) is 0 Å².